The predicted molar refractivity (Wildman–Crippen MR) is 89.4 cm³/mol. The van der Waals surface area contributed by atoms with Crippen LogP contribution in [-0.2, 0) is 21.4 Å². The summed E-state index contributed by atoms with van der Waals surface area (Å²) < 4.78 is 48.5. The van der Waals surface area contributed by atoms with E-state index in [1.165, 1.54) is 57.6 Å². The molecule has 8 heteroatoms. The first-order chi connectivity index (χ1) is 11.8. The number of sulfonamides is 1. The predicted octanol–water partition coefficient (Wildman–Crippen LogP) is 2.44. The molecular formula is C17H18FNO5S. The third-order valence-corrected chi connectivity index (χ3v) is 5.28. The quantitative estimate of drug-likeness (QED) is 0.734. The SMILES string of the molecule is COc1ccc(COC(=O)c2ccc(S(=O)(=O)N(C)C)cc2)cc1F. The first kappa shape index (κ1) is 18.9. The third-order valence-electron chi connectivity index (χ3n) is 3.45. The van der Waals surface area contributed by atoms with E-state index in [2.05, 4.69) is 0 Å². The Balaban J connectivity index is 2.05. The molecule has 0 saturated carbocycles. The van der Waals surface area contributed by atoms with Crippen molar-refractivity contribution in [2.45, 2.75) is 11.5 Å². The summed E-state index contributed by atoms with van der Waals surface area (Å²) in [5, 5.41) is 0. The van der Waals surface area contributed by atoms with Crippen LogP contribution in [0.3, 0.4) is 0 Å². The minimum absolute atomic E-state index is 0.0753. The molecule has 2 rings (SSSR count). The molecule has 0 saturated heterocycles. The van der Waals surface area contributed by atoms with E-state index in [9.17, 15) is 17.6 Å². The number of esters is 1. The summed E-state index contributed by atoms with van der Waals surface area (Å²) in [6.07, 6.45) is 0. The first-order valence-electron chi connectivity index (χ1n) is 7.28. The van der Waals surface area contributed by atoms with E-state index in [4.69, 9.17) is 9.47 Å². The molecule has 2 aromatic rings. The fourth-order valence-electron chi connectivity index (χ4n) is 2.01. The highest BCUT2D eigenvalue weighted by Gasteiger charge is 2.18. The average Bonchev–Trinajstić information content (AvgIpc) is 2.59. The van der Waals surface area contributed by atoms with Crippen molar-refractivity contribution >= 4 is 16.0 Å². The zero-order chi connectivity index (χ0) is 18.6. The van der Waals surface area contributed by atoms with Gasteiger partial charge in [-0.1, -0.05) is 6.07 Å². The molecule has 0 radical (unpaired) electrons. The fourth-order valence-corrected chi connectivity index (χ4v) is 2.91. The number of ether oxygens (including phenoxy) is 2. The maximum Gasteiger partial charge on any atom is 0.338 e. The summed E-state index contributed by atoms with van der Waals surface area (Å²) in [6.45, 7) is -0.114. The molecule has 134 valence electrons. The van der Waals surface area contributed by atoms with Crippen LogP contribution < -0.4 is 4.74 Å². The topological polar surface area (TPSA) is 72.9 Å². The van der Waals surface area contributed by atoms with Crippen LogP contribution in [0.15, 0.2) is 47.4 Å². The maximum absolute atomic E-state index is 13.6. The van der Waals surface area contributed by atoms with Gasteiger partial charge in [0.05, 0.1) is 17.6 Å². The Morgan fingerprint density at radius 1 is 1.12 bits per heavy atom. The summed E-state index contributed by atoms with van der Waals surface area (Å²) in [4.78, 5) is 12.1. The van der Waals surface area contributed by atoms with Gasteiger partial charge in [0, 0.05) is 14.1 Å². The number of halogens is 1. The van der Waals surface area contributed by atoms with E-state index in [-0.39, 0.29) is 22.8 Å². The van der Waals surface area contributed by atoms with E-state index < -0.39 is 21.8 Å². The fraction of sp³-hybridized carbons (Fsp3) is 0.235. The van der Waals surface area contributed by atoms with Gasteiger partial charge in [0.15, 0.2) is 11.6 Å². The zero-order valence-electron chi connectivity index (χ0n) is 14.0. The summed E-state index contributed by atoms with van der Waals surface area (Å²) in [5.74, 6) is -1.08. The number of hydrogen-bond donors (Lipinski definition) is 0. The molecule has 0 amide bonds. The number of methoxy groups -OCH3 is 1. The van der Waals surface area contributed by atoms with Crippen molar-refractivity contribution in [3.05, 3.63) is 59.4 Å². The van der Waals surface area contributed by atoms with Crippen LogP contribution >= 0.6 is 0 Å². The number of nitrogens with zero attached hydrogens (tertiary/aromatic N) is 1. The summed E-state index contributed by atoms with van der Waals surface area (Å²) >= 11 is 0. The van der Waals surface area contributed by atoms with Crippen molar-refractivity contribution in [3.63, 3.8) is 0 Å². The van der Waals surface area contributed by atoms with Gasteiger partial charge in [-0.2, -0.15) is 0 Å². The van der Waals surface area contributed by atoms with Crippen LogP contribution in [0.4, 0.5) is 4.39 Å². The van der Waals surface area contributed by atoms with Crippen LogP contribution in [-0.4, -0.2) is 39.9 Å². The summed E-state index contributed by atoms with van der Waals surface area (Å²) in [7, 11) is 0.645. The minimum Gasteiger partial charge on any atom is -0.494 e. The first-order valence-corrected chi connectivity index (χ1v) is 8.72. The van der Waals surface area contributed by atoms with Crippen molar-refractivity contribution < 1.29 is 27.1 Å². The lowest BCUT2D eigenvalue weighted by Gasteiger charge is -2.11. The Kier molecular flexibility index (Phi) is 5.76. The van der Waals surface area contributed by atoms with Gasteiger partial charge in [-0.3, -0.25) is 0 Å². The van der Waals surface area contributed by atoms with Gasteiger partial charge < -0.3 is 9.47 Å². The molecule has 0 atom stereocenters. The Bertz CT molecular complexity index is 863. The second kappa shape index (κ2) is 7.62. The summed E-state index contributed by atoms with van der Waals surface area (Å²) in [5.41, 5.74) is 0.671. The molecule has 0 aliphatic heterocycles. The van der Waals surface area contributed by atoms with Gasteiger partial charge >= 0.3 is 5.97 Å². The van der Waals surface area contributed by atoms with Crippen LogP contribution in [0.1, 0.15) is 15.9 Å². The number of benzene rings is 2. The second-order valence-corrected chi connectivity index (χ2v) is 7.51. The minimum atomic E-state index is -3.56. The molecule has 0 N–H and O–H groups in total. The normalized spacial score (nSPS) is 11.4. The second-order valence-electron chi connectivity index (χ2n) is 5.36. The highest BCUT2D eigenvalue weighted by Crippen LogP contribution is 2.19. The van der Waals surface area contributed by atoms with Gasteiger partial charge in [-0.25, -0.2) is 21.9 Å². The molecule has 6 nitrogen and oxygen atoms in total. The lowest BCUT2D eigenvalue weighted by molar-refractivity contribution is 0.0472. The molecule has 0 aliphatic carbocycles. The van der Waals surface area contributed by atoms with E-state index in [1.807, 2.05) is 0 Å². The molecule has 25 heavy (non-hydrogen) atoms. The number of carbonyl (C=O) groups excluding carboxylic acids is 1. The molecular weight excluding hydrogens is 349 g/mol. The summed E-state index contributed by atoms with van der Waals surface area (Å²) in [6, 6.07) is 9.65. The van der Waals surface area contributed by atoms with Crippen molar-refractivity contribution in [1.82, 2.24) is 4.31 Å². The highest BCUT2D eigenvalue weighted by atomic mass is 32.2. The molecule has 0 heterocycles. The number of rotatable bonds is 6. The van der Waals surface area contributed by atoms with Gasteiger partial charge in [-0.05, 0) is 42.0 Å². The smallest absolute Gasteiger partial charge is 0.338 e. The number of carbonyl (C=O) groups is 1. The average molecular weight is 367 g/mol. The van der Waals surface area contributed by atoms with Crippen LogP contribution in [0.25, 0.3) is 0 Å². The van der Waals surface area contributed by atoms with Gasteiger partial charge in [0.1, 0.15) is 6.61 Å². The zero-order valence-corrected chi connectivity index (χ0v) is 14.8. The Morgan fingerprint density at radius 2 is 1.76 bits per heavy atom. The van der Waals surface area contributed by atoms with Crippen LogP contribution in [0.5, 0.6) is 5.75 Å². The van der Waals surface area contributed by atoms with E-state index in [0.29, 0.717) is 5.56 Å². The van der Waals surface area contributed by atoms with Crippen molar-refractivity contribution in [3.8, 4) is 5.75 Å². The lowest BCUT2D eigenvalue weighted by atomic mass is 10.2. The van der Waals surface area contributed by atoms with Gasteiger partial charge in [0.2, 0.25) is 10.0 Å². The van der Waals surface area contributed by atoms with Crippen molar-refractivity contribution in [1.29, 1.82) is 0 Å². The molecule has 0 unspecified atom stereocenters. The van der Waals surface area contributed by atoms with Crippen molar-refractivity contribution in [2.75, 3.05) is 21.2 Å². The van der Waals surface area contributed by atoms with Crippen molar-refractivity contribution in [2.24, 2.45) is 0 Å². The molecule has 0 bridgehead atoms. The van der Waals surface area contributed by atoms with Crippen LogP contribution in [0, 0.1) is 5.82 Å². The number of hydrogen-bond acceptors (Lipinski definition) is 5. The van der Waals surface area contributed by atoms with Gasteiger partial charge in [0.25, 0.3) is 0 Å². The largest absolute Gasteiger partial charge is 0.494 e. The Morgan fingerprint density at radius 3 is 2.28 bits per heavy atom. The third kappa shape index (κ3) is 4.34. The van der Waals surface area contributed by atoms with E-state index in [0.717, 1.165) is 4.31 Å². The van der Waals surface area contributed by atoms with E-state index >= 15 is 0 Å². The standard InChI is InChI=1S/C17H18FNO5S/c1-19(2)25(21,22)14-7-5-13(6-8-14)17(20)24-11-12-4-9-16(23-3)15(18)10-12/h4-10H,11H2,1-3H3. The maximum atomic E-state index is 13.6. The van der Waals surface area contributed by atoms with Gasteiger partial charge in [-0.15, -0.1) is 0 Å². The Hall–Kier alpha value is -2.45. The molecule has 0 aromatic heterocycles. The Labute approximate surface area is 145 Å². The van der Waals surface area contributed by atoms with Crippen LogP contribution in [0.2, 0.25) is 0 Å². The molecule has 2 aromatic carbocycles. The molecule has 0 spiro atoms. The monoisotopic (exact) mass is 367 g/mol. The molecule has 0 fully saturated rings. The highest BCUT2D eigenvalue weighted by molar-refractivity contribution is 7.89. The van der Waals surface area contributed by atoms with E-state index in [1.54, 1.807) is 6.07 Å². The molecule has 0 aliphatic rings. The lowest BCUT2D eigenvalue weighted by Crippen LogP contribution is -2.22.